The Morgan fingerprint density at radius 2 is 1.91 bits per heavy atom. The third kappa shape index (κ3) is 3.88. The molecule has 4 rings (SSSR count). The van der Waals surface area contributed by atoms with Crippen LogP contribution in [0.1, 0.15) is 21.6 Å². The van der Waals surface area contributed by atoms with E-state index < -0.39 is 0 Å². The molecule has 176 valence electrons. The number of hydrogen-bond donors (Lipinski definition) is 3. The van der Waals surface area contributed by atoms with Gasteiger partial charge in [-0.2, -0.15) is 0 Å². The molecule has 10 nitrogen and oxygen atoms in total. The highest BCUT2D eigenvalue weighted by molar-refractivity contribution is 5.95. The van der Waals surface area contributed by atoms with Gasteiger partial charge in [-0.15, -0.1) is 4.73 Å². The predicted octanol–water partition coefficient (Wildman–Crippen LogP) is 1.44. The van der Waals surface area contributed by atoms with Crippen LogP contribution >= 0.6 is 0 Å². The van der Waals surface area contributed by atoms with Crippen molar-refractivity contribution in [3.63, 3.8) is 0 Å². The van der Waals surface area contributed by atoms with Crippen molar-refractivity contribution in [3.8, 4) is 22.5 Å². The van der Waals surface area contributed by atoms with Crippen LogP contribution < -0.4 is 21.4 Å². The van der Waals surface area contributed by atoms with Crippen molar-refractivity contribution < 1.29 is 14.7 Å². The van der Waals surface area contributed by atoms with Gasteiger partial charge in [-0.25, -0.2) is 9.97 Å². The minimum Gasteiger partial charge on any atom is -0.412 e. The maximum absolute atomic E-state index is 13.4. The summed E-state index contributed by atoms with van der Waals surface area (Å²) in [4.78, 5) is 40.2. The molecule has 0 unspecified atom stereocenters. The highest BCUT2D eigenvalue weighted by Crippen LogP contribution is 2.29. The first-order valence-electron chi connectivity index (χ1n) is 10.7. The molecule has 10 heteroatoms. The van der Waals surface area contributed by atoms with Crippen LogP contribution in [0.5, 0.6) is 0 Å². The summed E-state index contributed by atoms with van der Waals surface area (Å²) in [7, 11) is 3.10. The van der Waals surface area contributed by atoms with Crippen molar-refractivity contribution in [1.29, 1.82) is 0 Å². The van der Waals surface area contributed by atoms with Crippen LogP contribution in [0, 0.1) is 13.8 Å². The van der Waals surface area contributed by atoms with Crippen molar-refractivity contribution in [2.24, 2.45) is 7.05 Å². The van der Waals surface area contributed by atoms with Gasteiger partial charge in [0.15, 0.2) is 11.5 Å². The molecule has 1 aromatic carbocycles. The number of fused-ring (bicyclic) bond motifs is 1. The lowest BCUT2D eigenvalue weighted by atomic mass is 9.96. The number of amides is 1. The number of pyridine rings is 1. The van der Waals surface area contributed by atoms with E-state index in [1.54, 1.807) is 29.9 Å². The zero-order valence-electron chi connectivity index (χ0n) is 19.4. The van der Waals surface area contributed by atoms with E-state index in [-0.39, 0.29) is 41.9 Å². The number of aryl methyl sites for hydroxylation is 3. The van der Waals surface area contributed by atoms with E-state index in [4.69, 9.17) is 15.7 Å². The van der Waals surface area contributed by atoms with E-state index in [9.17, 15) is 9.59 Å². The number of anilines is 1. The average molecular weight is 463 g/mol. The second-order valence-corrected chi connectivity index (χ2v) is 7.98. The zero-order chi connectivity index (χ0) is 24.6. The number of aliphatic hydroxyl groups is 1. The maximum atomic E-state index is 13.4. The standard InChI is InChI=1S/C24H26N6O4/c1-13-6-5-7-14(2)19(13)16-11-17-20(25)27-21(28-22(17)30(34-4)24(16)33)15-10-18(29(3)12-15)23(32)26-8-9-31/h5-7,10-12,31H,8-9H2,1-4H3,(H,26,32)(H2,25,27,28). The molecular weight excluding hydrogens is 436 g/mol. The molecule has 34 heavy (non-hydrogen) atoms. The van der Waals surface area contributed by atoms with Crippen molar-refractivity contribution in [3.05, 3.63) is 63.7 Å². The fourth-order valence-electron chi connectivity index (χ4n) is 4.07. The lowest BCUT2D eigenvalue weighted by Crippen LogP contribution is -2.28. The number of aliphatic hydroxyl groups excluding tert-OH is 1. The molecule has 0 saturated carbocycles. The summed E-state index contributed by atoms with van der Waals surface area (Å²) in [5, 5.41) is 12.0. The van der Waals surface area contributed by atoms with E-state index in [2.05, 4.69) is 15.3 Å². The molecule has 0 fully saturated rings. The molecule has 1 amide bonds. The van der Waals surface area contributed by atoms with Gasteiger partial charge in [-0.05, 0) is 42.7 Å². The van der Waals surface area contributed by atoms with Gasteiger partial charge in [0.2, 0.25) is 0 Å². The van der Waals surface area contributed by atoms with Gasteiger partial charge in [0.1, 0.15) is 18.6 Å². The smallest absolute Gasteiger partial charge is 0.292 e. The number of nitrogen functional groups attached to an aromatic ring is 1. The SMILES string of the molecule is COn1c(=O)c(-c2c(C)cccc2C)cc2c(N)nc(-c3cc(C(=O)NCCO)n(C)c3)nc21. The summed E-state index contributed by atoms with van der Waals surface area (Å²) in [6.45, 7) is 3.86. The Morgan fingerprint density at radius 3 is 2.56 bits per heavy atom. The molecular formula is C24H26N6O4. The Labute approximate surface area is 195 Å². The first kappa shape index (κ1) is 23.0. The second kappa shape index (κ2) is 8.99. The number of rotatable bonds is 6. The summed E-state index contributed by atoms with van der Waals surface area (Å²) >= 11 is 0. The first-order valence-corrected chi connectivity index (χ1v) is 10.7. The normalized spacial score (nSPS) is 11.1. The Kier molecular flexibility index (Phi) is 6.08. The Morgan fingerprint density at radius 1 is 1.21 bits per heavy atom. The lowest BCUT2D eigenvalue weighted by Gasteiger charge is -2.15. The maximum Gasteiger partial charge on any atom is 0.292 e. The molecule has 4 aromatic rings. The van der Waals surface area contributed by atoms with Crippen LogP contribution in [0.15, 0.2) is 41.3 Å². The van der Waals surface area contributed by atoms with Crippen LogP contribution in [-0.2, 0) is 7.05 Å². The molecule has 4 N–H and O–H groups in total. The predicted molar refractivity (Wildman–Crippen MR) is 129 cm³/mol. The number of hydrogen-bond acceptors (Lipinski definition) is 7. The van der Waals surface area contributed by atoms with Gasteiger partial charge < -0.3 is 25.6 Å². The van der Waals surface area contributed by atoms with E-state index in [0.29, 0.717) is 22.2 Å². The molecule has 0 bridgehead atoms. The van der Waals surface area contributed by atoms with Crippen LogP contribution in [-0.4, -0.2) is 50.5 Å². The number of carbonyl (C=O) groups is 1. The summed E-state index contributed by atoms with van der Waals surface area (Å²) in [5.74, 6) is 0.0730. The lowest BCUT2D eigenvalue weighted by molar-refractivity contribution is 0.0936. The molecule has 3 heterocycles. The Balaban J connectivity index is 1.90. The molecule has 3 aromatic heterocycles. The van der Waals surface area contributed by atoms with Crippen LogP contribution in [0.4, 0.5) is 5.82 Å². The molecule has 0 aliphatic rings. The van der Waals surface area contributed by atoms with Gasteiger partial charge in [0.25, 0.3) is 11.5 Å². The quantitative estimate of drug-likeness (QED) is 0.394. The highest BCUT2D eigenvalue weighted by atomic mass is 16.6. The molecule has 0 aliphatic carbocycles. The van der Waals surface area contributed by atoms with Crippen LogP contribution in [0.2, 0.25) is 0 Å². The van der Waals surface area contributed by atoms with Gasteiger partial charge in [-0.1, -0.05) is 18.2 Å². The summed E-state index contributed by atoms with van der Waals surface area (Å²) in [6, 6.07) is 9.13. The number of benzene rings is 1. The van der Waals surface area contributed by atoms with Gasteiger partial charge in [0, 0.05) is 25.4 Å². The van der Waals surface area contributed by atoms with Crippen molar-refractivity contribution in [1.82, 2.24) is 24.6 Å². The molecule has 0 atom stereocenters. The number of nitrogens with one attached hydrogen (secondary N) is 1. The third-order valence-electron chi connectivity index (χ3n) is 5.68. The van der Waals surface area contributed by atoms with Crippen molar-refractivity contribution in [2.45, 2.75) is 13.8 Å². The van der Waals surface area contributed by atoms with E-state index in [0.717, 1.165) is 21.4 Å². The molecule has 0 spiro atoms. The van der Waals surface area contributed by atoms with E-state index in [1.807, 2.05) is 32.0 Å². The number of aromatic nitrogens is 4. The van der Waals surface area contributed by atoms with E-state index >= 15 is 0 Å². The fourth-order valence-corrected chi connectivity index (χ4v) is 4.07. The number of carbonyl (C=O) groups excluding carboxylic acids is 1. The molecule has 0 aliphatic heterocycles. The summed E-state index contributed by atoms with van der Waals surface area (Å²) in [5.41, 5.74) is 10.2. The van der Waals surface area contributed by atoms with Gasteiger partial charge in [0.05, 0.1) is 17.6 Å². The summed E-state index contributed by atoms with van der Waals surface area (Å²) in [6.07, 6.45) is 1.69. The number of nitrogens with two attached hydrogens (primary N) is 1. The third-order valence-corrected chi connectivity index (χ3v) is 5.68. The van der Waals surface area contributed by atoms with Crippen molar-refractivity contribution >= 4 is 22.8 Å². The van der Waals surface area contributed by atoms with Crippen LogP contribution in [0.25, 0.3) is 33.5 Å². The monoisotopic (exact) mass is 462 g/mol. The average Bonchev–Trinajstić information content (AvgIpc) is 3.19. The minimum atomic E-state index is -0.367. The highest BCUT2D eigenvalue weighted by Gasteiger charge is 2.20. The van der Waals surface area contributed by atoms with Crippen LogP contribution in [0.3, 0.4) is 0 Å². The number of nitrogens with zero attached hydrogens (tertiary/aromatic N) is 4. The minimum absolute atomic E-state index is 0.140. The molecule has 0 radical (unpaired) electrons. The summed E-state index contributed by atoms with van der Waals surface area (Å²) < 4.78 is 2.73. The van der Waals surface area contributed by atoms with Gasteiger partial charge >= 0.3 is 0 Å². The van der Waals surface area contributed by atoms with E-state index in [1.165, 1.54) is 7.11 Å². The molecule has 0 saturated heterocycles. The Bertz CT molecular complexity index is 1450. The van der Waals surface area contributed by atoms with Crippen molar-refractivity contribution in [2.75, 3.05) is 26.0 Å². The van der Waals surface area contributed by atoms with Gasteiger partial charge in [-0.3, -0.25) is 9.59 Å². The zero-order valence-corrected chi connectivity index (χ0v) is 19.4. The second-order valence-electron chi connectivity index (χ2n) is 7.98. The Hall–Kier alpha value is -4.18. The largest absolute Gasteiger partial charge is 0.412 e. The fraction of sp³-hybridized carbons (Fsp3) is 0.250. The first-order chi connectivity index (χ1) is 16.3. The topological polar surface area (TPSA) is 137 Å².